The van der Waals surface area contributed by atoms with Gasteiger partial charge < -0.3 is 5.11 Å². The molecule has 1 aromatic rings. The molecule has 0 bridgehead atoms. The highest BCUT2D eigenvalue weighted by Crippen LogP contribution is 1.96. The van der Waals surface area contributed by atoms with E-state index in [1.54, 1.807) is 0 Å². The number of nitrogens with zero attached hydrogens (tertiary/aromatic N) is 2. The van der Waals surface area contributed by atoms with Crippen molar-refractivity contribution in [2.75, 3.05) is 0 Å². The summed E-state index contributed by atoms with van der Waals surface area (Å²) in [5.74, 6) is -0.869. The summed E-state index contributed by atoms with van der Waals surface area (Å²) in [5, 5.41) is 12.4. The third-order valence-electron chi connectivity index (χ3n) is 1.62. The molecular formula is C9H12N2O3. The quantitative estimate of drug-likeness (QED) is 0.768. The first kappa shape index (κ1) is 10.4. The van der Waals surface area contributed by atoms with Crippen LogP contribution in [0.5, 0.6) is 0 Å². The van der Waals surface area contributed by atoms with E-state index in [2.05, 4.69) is 5.10 Å². The van der Waals surface area contributed by atoms with Crippen molar-refractivity contribution in [2.24, 2.45) is 5.92 Å². The van der Waals surface area contributed by atoms with E-state index in [9.17, 15) is 9.59 Å². The highest BCUT2D eigenvalue weighted by atomic mass is 16.4. The summed E-state index contributed by atoms with van der Waals surface area (Å²) in [4.78, 5) is 21.8. The third kappa shape index (κ3) is 2.42. The molecule has 0 aliphatic carbocycles. The van der Waals surface area contributed by atoms with Gasteiger partial charge in [0.2, 0.25) is 0 Å². The van der Waals surface area contributed by atoms with E-state index in [-0.39, 0.29) is 17.2 Å². The van der Waals surface area contributed by atoms with Crippen molar-refractivity contribution in [2.45, 2.75) is 20.4 Å². The Balaban J connectivity index is 3.08. The van der Waals surface area contributed by atoms with Crippen LogP contribution in [0.15, 0.2) is 16.9 Å². The highest BCUT2D eigenvalue weighted by molar-refractivity contribution is 5.84. The molecule has 1 aromatic heterocycles. The average molecular weight is 196 g/mol. The molecule has 1 rings (SSSR count). The minimum atomic E-state index is -1.12. The molecule has 5 nitrogen and oxygen atoms in total. The first-order valence-electron chi connectivity index (χ1n) is 4.32. The molecule has 0 saturated heterocycles. The predicted molar refractivity (Wildman–Crippen MR) is 50.3 cm³/mol. The maximum atomic E-state index is 11.2. The van der Waals surface area contributed by atoms with E-state index in [0.29, 0.717) is 6.54 Å². The molecule has 76 valence electrons. The second-order valence-electron chi connectivity index (χ2n) is 3.44. The summed E-state index contributed by atoms with van der Waals surface area (Å²) in [6.45, 7) is 4.29. The molecule has 0 radical (unpaired) electrons. The minimum absolute atomic E-state index is 0.106. The Morgan fingerprint density at radius 1 is 1.57 bits per heavy atom. The molecule has 0 aromatic carbocycles. The number of carboxylic acid groups (broad SMARTS) is 1. The molecule has 0 aliphatic rings. The lowest BCUT2D eigenvalue weighted by Gasteiger charge is -2.06. The summed E-state index contributed by atoms with van der Waals surface area (Å²) in [7, 11) is 0. The molecule has 0 aliphatic heterocycles. The molecule has 0 spiro atoms. The molecule has 14 heavy (non-hydrogen) atoms. The number of carbonyl (C=O) groups is 1. The van der Waals surface area contributed by atoms with E-state index in [1.807, 2.05) is 13.8 Å². The first-order chi connectivity index (χ1) is 6.50. The van der Waals surface area contributed by atoms with Crippen LogP contribution in [-0.2, 0) is 6.54 Å². The first-order valence-corrected chi connectivity index (χ1v) is 4.32. The predicted octanol–water partition coefficient (Wildman–Crippen LogP) is 0.598. The maximum Gasteiger partial charge on any atom is 0.356 e. The molecule has 0 saturated carbocycles. The highest BCUT2D eigenvalue weighted by Gasteiger charge is 2.07. The van der Waals surface area contributed by atoms with Gasteiger partial charge in [-0.3, -0.25) is 4.79 Å². The van der Waals surface area contributed by atoms with Crippen molar-refractivity contribution in [3.63, 3.8) is 0 Å². The standard InChI is InChI=1S/C9H12N2O3/c1-6(2)5-11-8(12)4-3-7(10-11)9(13)14/h3-4,6H,5H2,1-2H3,(H,13,14). The van der Waals surface area contributed by atoms with Crippen LogP contribution in [-0.4, -0.2) is 20.9 Å². The Hall–Kier alpha value is -1.65. The van der Waals surface area contributed by atoms with E-state index < -0.39 is 5.97 Å². The Bertz CT molecular complexity index is 395. The topological polar surface area (TPSA) is 72.2 Å². The van der Waals surface area contributed by atoms with Gasteiger partial charge in [0.25, 0.3) is 5.56 Å². The Kier molecular flexibility index (Phi) is 3.01. The van der Waals surface area contributed by atoms with E-state index in [0.717, 1.165) is 0 Å². The van der Waals surface area contributed by atoms with Gasteiger partial charge >= 0.3 is 5.97 Å². The van der Waals surface area contributed by atoms with Gasteiger partial charge in [0.05, 0.1) is 0 Å². The summed E-state index contributed by atoms with van der Waals surface area (Å²) in [5.41, 5.74) is -0.381. The van der Waals surface area contributed by atoms with Gasteiger partial charge in [0, 0.05) is 12.6 Å². The van der Waals surface area contributed by atoms with Crippen LogP contribution < -0.4 is 5.56 Å². The van der Waals surface area contributed by atoms with Crippen LogP contribution in [0.2, 0.25) is 0 Å². The monoisotopic (exact) mass is 196 g/mol. The van der Waals surface area contributed by atoms with E-state index in [1.165, 1.54) is 16.8 Å². The summed E-state index contributed by atoms with van der Waals surface area (Å²) < 4.78 is 1.17. The molecule has 0 amide bonds. The van der Waals surface area contributed by atoms with Crippen molar-refractivity contribution < 1.29 is 9.90 Å². The second-order valence-corrected chi connectivity index (χ2v) is 3.44. The molecule has 1 heterocycles. The smallest absolute Gasteiger partial charge is 0.356 e. The van der Waals surface area contributed by atoms with Crippen molar-refractivity contribution in [3.8, 4) is 0 Å². The van der Waals surface area contributed by atoms with Gasteiger partial charge in [0.1, 0.15) is 0 Å². The van der Waals surface area contributed by atoms with Crippen molar-refractivity contribution in [1.29, 1.82) is 0 Å². The number of aromatic nitrogens is 2. The van der Waals surface area contributed by atoms with Crippen molar-refractivity contribution in [1.82, 2.24) is 9.78 Å². The number of carboxylic acids is 1. The van der Waals surface area contributed by atoms with Crippen LogP contribution in [0, 0.1) is 5.92 Å². The summed E-state index contributed by atoms with van der Waals surface area (Å²) in [6.07, 6.45) is 0. The summed E-state index contributed by atoms with van der Waals surface area (Å²) in [6, 6.07) is 2.43. The maximum absolute atomic E-state index is 11.2. The fraction of sp³-hybridized carbons (Fsp3) is 0.444. The molecule has 0 fully saturated rings. The van der Waals surface area contributed by atoms with Gasteiger partial charge in [-0.1, -0.05) is 13.8 Å². The van der Waals surface area contributed by atoms with Gasteiger partial charge in [0.15, 0.2) is 5.69 Å². The lowest BCUT2D eigenvalue weighted by molar-refractivity contribution is 0.0687. The number of hydrogen-bond acceptors (Lipinski definition) is 3. The van der Waals surface area contributed by atoms with Crippen LogP contribution in [0.4, 0.5) is 0 Å². The zero-order valence-corrected chi connectivity index (χ0v) is 8.10. The molecule has 1 N–H and O–H groups in total. The van der Waals surface area contributed by atoms with Gasteiger partial charge in [-0.05, 0) is 12.0 Å². The fourth-order valence-electron chi connectivity index (χ4n) is 1.04. The third-order valence-corrected chi connectivity index (χ3v) is 1.62. The number of rotatable bonds is 3. The molecule has 5 heteroatoms. The Labute approximate surface area is 81.0 Å². The molecule has 0 unspecified atom stereocenters. The second kappa shape index (κ2) is 4.04. The average Bonchev–Trinajstić information content (AvgIpc) is 2.07. The lowest BCUT2D eigenvalue weighted by atomic mass is 10.2. The van der Waals surface area contributed by atoms with Gasteiger partial charge in [-0.15, -0.1) is 0 Å². The Morgan fingerprint density at radius 2 is 2.21 bits per heavy atom. The minimum Gasteiger partial charge on any atom is -0.476 e. The summed E-state index contributed by atoms with van der Waals surface area (Å²) >= 11 is 0. The molecular weight excluding hydrogens is 184 g/mol. The van der Waals surface area contributed by atoms with Crippen LogP contribution in [0.3, 0.4) is 0 Å². The zero-order chi connectivity index (χ0) is 10.7. The normalized spacial score (nSPS) is 10.5. The fourth-order valence-corrected chi connectivity index (χ4v) is 1.04. The van der Waals surface area contributed by atoms with E-state index in [4.69, 9.17) is 5.11 Å². The van der Waals surface area contributed by atoms with Crippen molar-refractivity contribution >= 4 is 5.97 Å². The van der Waals surface area contributed by atoms with E-state index >= 15 is 0 Å². The largest absolute Gasteiger partial charge is 0.476 e. The zero-order valence-electron chi connectivity index (χ0n) is 8.10. The lowest BCUT2D eigenvalue weighted by Crippen LogP contribution is -2.26. The Morgan fingerprint density at radius 3 is 2.71 bits per heavy atom. The van der Waals surface area contributed by atoms with Crippen molar-refractivity contribution in [3.05, 3.63) is 28.2 Å². The van der Waals surface area contributed by atoms with Crippen LogP contribution in [0.1, 0.15) is 24.3 Å². The molecule has 0 atom stereocenters. The SMILES string of the molecule is CC(C)Cn1nc(C(=O)O)ccc1=O. The number of hydrogen-bond donors (Lipinski definition) is 1. The van der Waals surface area contributed by atoms with Gasteiger partial charge in [-0.25, -0.2) is 9.48 Å². The van der Waals surface area contributed by atoms with Crippen LogP contribution >= 0.6 is 0 Å². The van der Waals surface area contributed by atoms with Gasteiger partial charge in [-0.2, -0.15) is 5.10 Å². The van der Waals surface area contributed by atoms with Crippen LogP contribution in [0.25, 0.3) is 0 Å². The number of aromatic carboxylic acids is 1.